The van der Waals surface area contributed by atoms with Crippen molar-refractivity contribution < 1.29 is 4.74 Å². The van der Waals surface area contributed by atoms with E-state index in [1.165, 1.54) is 19.3 Å². The quantitative estimate of drug-likeness (QED) is 0.529. The molecular weight excluding hydrogens is 112 g/mol. The van der Waals surface area contributed by atoms with Crippen LogP contribution in [0.5, 0.6) is 0 Å². The molecule has 0 aromatic rings. The summed E-state index contributed by atoms with van der Waals surface area (Å²) in [7, 11) is 0. The van der Waals surface area contributed by atoms with Crippen LogP contribution in [0.1, 0.15) is 33.1 Å². The fraction of sp³-hybridized carbons (Fsp3) is 1.00. The minimum atomic E-state index is 0.642. The first-order chi connectivity index (χ1) is 4.29. The molecule has 0 aliphatic carbocycles. The zero-order valence-corrected chi connectivity index (χ0v) is 6.39. The van der Waals surface area contributed by atoms with Gasteiger partial charge in [0.1, 0.15) is 0 Å². The smallest absolute Gasteiger partial charge is 0.0810 e. The van der Waals surface area contributed by atoms with Crippen molar-refractivity contribution in [3.63, 3.8) is 0 Å². The summed E-state index contributed by atoms with van der Waals surface area (Å²) < 4.78 is 5.09. The van der Waals surface area contributed by atoms with E-state index in [2.05, 4.69) is 13.8 Å². The maximum Gasteiger partial charge on any atom is 0.0810 e. The SMILES string of the molecule is CC(C)CCC[C@@H]1CO1. The Balaban J connectivity index is 1.81. The summed E-state index contributed by atoms with van der Waals surface area (Å²) in [5, 5.41) is 0. The van der Waals surface area contributed by atoms with Gasteiger partial charge >= 0.3 is 0 Å². The number of ether oxygens (including phenoxy) is 1. The summed E-state index contributed by atoms with van der Waals surface area (Å²) in [6, 6.07) is 0. The Bertz CT molecular complexity index is 72.6. The molecule has 0 aromatic carbocycles. The molecule has 1 atom stereocenters. The van der Waals surface area contributed by atoms with Crippen LogP contribution in [0.25, 0.3) is 0 Å². The predicted molar refractivity (Wildman–Crippen MR) is 38.4 cm³/mol. The molecular formula is C8H16O. The Kier molecular flexibility index (Phi) is 2.52. The van der Waals surface area contributed by atoms with Gasteiger partial charge in [-0.15, -0.1) is 0 Å². The summed E-state index contributed by atoms with van der Waals surface area (Å²) in [5.41, 5.74) is 0. The number of rotatable bonds is 4. The average molecular weight is 128 g/mol. The van der Waals surface area contributed by atoms with Crippen LogP contribution in [-0.4, -0.2) is 12.7 Å². The lowest BCUT2D eigenvalue weighted by atomic mass is 10.1. The minimum absolute atomic E-state index is 0.642. The van der Waals surface area contributed by atoms with Crippen LogP contribution in [0.3, 0.4) is 0 Å². The molecule has 0 amide bonds. The average Bonchev–Trinajstić information content (AvgIpc) is 2.48. The van der Waals surface area contributed by atoms with E-state index in [1.807, 2.05) is 0 Å². The highest BCUT2D eigenvalue weighted by molar-refractivity contribution is 4.68. The third-order valence-corrected chi connectivity index (χ3v) is 1.71. The standard InChI is InChI=1S/C8H16O/c1-7(2)4-3-5-8-6-9-8/h7-8H,3-6H2,1-2H3/t8-/m1/s1. The van der Waals surface area contributed by atoms with Gasteiger partial charge in [0.2, 0.25) is 0 Å². The minimum Gasteiger partial charge on any atom is -0.373 e. The van der Waals surface area contributed by atoms with Crippen molar-refractivity contribution >= 4 is 0 Å². The van der Waals surface area contributed by atoms with Gasteiger partial charge in [0.25, 0.3) is 0 Å². The van der Waals surface area contributed by atoms with E-state index in [9.17, 15) is 0 Å². The lowest BCUT2D eigenvalue weighted by Crippen LogP contribution is -1.90. The van der Waals surface area contributed by atoms with Crippen molar-refractivity contribution in [2.45, 2.75) is 39.2 Å². The van der Waals surface area contributed by atoms with E-state index in [4.69, 9.17) is 4.74 Å². The van der Waals surface area contributed by atoms with Gasteiger partial charge in [-0.25, -0.2) is 0 Å². The second kappa shape index (κ2) is 3.21. The highest BCUT2D eigenvalue weighted by Crippen LogP contribution is 2.18. The first-order valence-electron chi connectivity index (χ1n) is 3.90. The van der Waals surface area contributed by atoms with E-state index in [1.54, 1.807) is 0 Å². The highest BCUT2D eigenvalue weighted by Gasteiger charge is 2.20. The Hall–Kier alpha value is -0.0400. The monoisotopic (exact) mass is 128 g/mol. The molecule has 1 saturated heterocycles. The van der Waals surface area contributed by atoms with E-state index < -0.39 is 0 Å². The largest absolute Gasteiger partial charge is 0.373 e. The van der Waals surface area contributed by atoms with Gasteiger partial charge < -0.3 is 4.74 Å². The third kappa shape index (κ3) is 3.52. The molecule has 1 heterocycles. The maximum atomic E-state index is 5.09. The fourth-order valence-corrected chi connectivity index (χ4v) is 0.988. The highest BCUT2D eigenvalue weighted by atomic mass is 16.6. The molecule has 0 bridgehead atoms. The van der Waals surface area contributed by atoms with Crippen molar-refractivity contribution in [2.24, 2.45) is 5.92 Å². The van der Waals surface area contributed by atoms with E-state index in [0.717, 1.165) is 12.5 Å². The molecule has 1 aliphatic heterocycles. The Labute approximate surface area is 57.4 Å². The van der Waals surface area contributed by atoms with Crippen LogP contribution in [0.15, 0.2) is 0 Å². The van der Waals surface area contributed by atoms with Crippen LogP contribution in [0, 0.1) is 5.92 Å². The molecule has 0 saturated carbocycles. The molecule has 0 spiro atoms. The van der Waals surface area contributed by atoms with Gasteiger partial charge in [-0.3, -0.25) is 0 Å². The lowest BCUT2D eigenvalue weighted by molar-refractivity contribution is 0.382. The van der Waals surface area contributed by atoms with Gasteiger partial charge in [0, 0.05) is 0 Å². The predicted octanol–water partition coefficient (Wildman–Crippen LogP) is 2.21. The van der Waals surface area contributed by atoms with Crippen molar-refractivity contribution in [1.82, 2.24) is 0 Å². The van der Waals surface area contributed by atoms with Crippen LogP contribution < -0.4 is 0 Å². The number of hydrogen-bond acceptors (Lipinski definition) is 1. The van der Waals surface area contributed by atoms with E-state index in [-0.39, 0.29) is 0 Å². The second-order valence-corrected chi connectivity index (χ2v) is 3.28. The molecule has 0 aromatic heterocycles. The zero-order chi connectivity index (χ0) is 6.69. The Morgan fingerprint density at radius 2 is 2.22 bits per heavy atom. The number of epoxide rings is 1. The van der Waals surface area contributed by atoms with E-state index >= 15 is 0 Å². The Morgan fingerprint density at radius 3 is 2.67 bits per heavy atom. The van der Waals surface area contributed by atoms with Crippen LogP contribution in [-0.2, 0) is 4.74 Å². The summed E-state index contributed by atoms with van der Waals surface area (Å²) >= 11 is 0. The zero-order valence-electron chi connectivity index (χ0n) is 6.39. The molecule has 1 aliphatic rings. The summed E-state index contributed by atoms with van der Waals surface area (Å²) in [4.78, 5) is 0. The van der Waals surface area contributed by atoms with Gasteiger partial charge in [-0.05, 0) is 12.3 Å². The summed E-state index contributed by atoms with van der Waals surface area (Å²) in [6.07, 6.45) is 4.64. The topological polar surface area (TPSA) is 12.5 Å². The van der Waals surface area contributed by atoms with Crippen molar-refractivity contribution in [3.8, 4) is 0 Å². The molecule has 1 fully saturated rings. The van der Waals surface area contributed by atoms with Crippen LogP contribution >= 0.6 is 0 Å². The molecule has 0 unspecified atom stereocenters. The molecule has 1 nitrogen and oxygen atoms in total. The molecule has 1 rings (SSSR count). The molecule has 1 heteroatoms. The van der Waals surface area contributed by atoms with Crippen molar-refractivity contribution in [2.75, 3.05) is 6.61 Å². The third-order valence-electron chi connectivity index (χ3n) is 1.71. The molecule has 0 radical (unpaired) electrons. The fourth-order valence-electron chi connectivity index (χ4n) is 0.988. The number of hydrogen-bond donors (Lipinski definition) is 0. The van der Waals surface area contributed by atoms with Gasteiger partial charge in [-0.1, -0.05) is 26.7 Å². The first-order valence-corrected chi connectivity index (χ1v) is 3.90. The van der Waals surface area contributed by atoms with E-state index in [0.29, 0.717) is 6.10 Å². The Morgan fingerprint density at radius 1 is 1.56 bits per heavy atom. The maximum absolute atomic E-state index is 5.09. The lowest BCUT2D eigenvalue weighted by Gasteiger charge is -2.00. The van der Waals surface area contributed by atoms with Crippen molar-refractivity contribution in [3.05, 3.63) is 0 Å². The van der Waals surface area contributed by atoms with Gasteiger partial charge in [0.05, 0.1) is 12.7 Å². The summed E-state index contributed by atoms with van der Waals surface area (Å²) in [5.74, 6) is 0.865. The van der Waals surface area contributed by atoms with Gasteiger partial charge in [-0.2, -0.15) is 0 Å². The molecule has 54 valence electrons. The molecule has 9 heavy (non-hydrogen) atoms. The normalized spacial score (nSPS) is 25.0. The second-order valence-electron chi connectivity index (χ2n) is 3.28. The summed E-state index contributed by atoms with van der Waals surface area (Å²) in [6.45, 7) is 5.57. The first kappa shape index (κ1) is 7.07. The van der Waals surface area contributed by atoms with Crippen LogP contribution in [0.2, 0.25) is 0 Å². The molecule has 0 N–H and O–H groups in total. The van der Waals surface area contributed by atoms with Crippen LogP contribution in [0.4, 0.5) is 0 Å². The van der Waals surface area contributed by atoms with Crippen molar-refractivity contribution in [1.29, 1.82) is 0 Å². The van der Waals surface area contributed by atoms with Gasteiger partial charge in [0.15, 0.2) is 0 Å².